The number of halogens is 4. The SMILES string of the molecule is CCNC(CC(=O)OCC)c1cc(F)cc(C(F)(F)F)c1. The average Bonchev–Trinajstić information content (AvgIpc) is 2.36. The second-order valence-corrected chi connectivity index (χ2v) is 4.39. The fraction of sp³-hybridized carbons (Fsp3) is 0.500. The Bertz CT molecular complexity index is 488. The van der Waals surface area contributed by atoms with Crippen LogP contribution in [0.2, 0.25) is 0 Å². The molecule has 1 rings (SSSR count). The van der Waals surface area contributed by atoms with Gasteiger partial charge in [-0.1, -0.05) is 6.92 Å². The Morgan fingerprint density at radius 2 is 1.95 bits per heavy atom. The number of nitrogens with one attached hydrogen (secondary N) is 1. The number of carbonyl (C=O) groups is 1. The van der Waals surface area contributed by atoms with Crippen LogP contribution in [0.4, 0.5) is 17.6 Å². The Hall–Kier alpha value is -1.63. The van der Waals surface area contributed by atoms with Crippen molar-refractivity contribution in [1.82, 2.24) is 5.32 Å². The van der Waals surface area contributed by atoms with E-state index in [1.807, 2.05) is 0 Å². The topological polar surface area (TPSA) is 38.3 Å². The number of hydrogen-bond donors (Lipinski definition) is 1. The van der Waals surface area contributed by atoms with Crippen molar-refractivity contribution in [1.29, 1.82) is 0 Å². The molecule has 1 unspecified atom stereocenters. The van der Waals surface area contributed by atoms with E-state index in [4.69, 9.17) is 4.74 Å². The summed E-state index contributed by atoms with van der Waals surface area (Å²) in [6.07, 6.45) is -4.81. The lowest BCUT2D eigenvalue weighted by Gasteiger charge is -2.19. The van der Waals surface area contributed by atoms with Gasteiger partial charge in [0, 0.05) is 6.04 Å². The Morgan fingerprint density at radius 3 is 2.48 bits per heavy atom. The molecule has 0 fully saturated rings. The number of benzene rings is 1. The van der Waals surface area contributed by atoms with Crippen LogP contribution in [0, 0.1) is 5.82 Å². The molecule has 0 spiro atoms. The van der Waals surface area contributed by atoms with Gasteiger partial charge in [0.2, 0.25) is 0 Å². The van der Waals surface area contributed by atoms with Gasteiger partial charge in [-0.3, -0.25) is 4.79 Å². The summed E-state index contributed by atoms with van der Waals surface area (Å²) in [6, 6.07) is 1.53. The first-order valence-corrected chi connectivity index (χ1v) is 6.54. The maximum absolute atomic E-state index is 13.4. The second kappa shape index (κ2) is 7.40. The molecule has 1 atom stereocenters. The molecule has 0 heterocycles. The summed E-state index contributed by atoms with van der Waals surface area (Å²) in [5, 5.41) is 2.86. The van der Waals surface area contributed by atoms with Crippen LogP contribution in [0.3, 0.4) is 0 Å². The Labute approximate surface area is 120 Å². The average molecular weight is 307 g/mol. The molecule has 1 aromatic carbocycles. The van der Waals surface area contributed by atoms with Gasteiger partial charge in [-0.25, -0.2) is 4.39 Å². The van der Waals surface area contributed by atoms with Gasteiger partial charge in [0.1, 0.15) is 5.82 Å². The number of ether oxygens (including phenoxy) is 1. The molecular formula is C14H17F4NO2. The van der Waals surface area contributed by atoms with Gasteiger partial charge in [0.05, 0.1) is 18.6 Å². The zero-order valence-corrected chi connectivity index (χ0v) is 11.8. The zero-order chi connectivity index (χ0) is 16.0. The molecule has 21 heavy (non-hydrogen) atoms. The largest absolute Gasteiger partial charge is 0.466 e. The van der Waals surface area contributed by atoms with Crippen molar-refractivity contribution in [3.05, 3.63) is 35.1 Å². The fourth-order valence-corrected chi connectivity index (χ4v) is 1.92. The predicted octanol–water partition coefficient (Wildman–Crippen LogP) is 3.45. The lowest BCUT2D eigenvalue weighted by molar-refractivity contribution is -0.143. The highest BCUT2D eigenvalue weighted by molar-refractivity contribution is 5.70. The number of esters is 1. The van der Waals surface area contributed by atoms with Crippen LogP contribution in [0.5, 0.6) is 0 Å². The first-order chi connectivity index (χ1) is 9.77. The third-order valence-electron chi connectivity index (χ3n) is 2.78. The van der Waals surface area contributed by atoms with Crippen LogP contribution in [-0.2, 0) is 15.7 Å². The van der Waals surface area contributed by atoms with Crippen molar-refractivity contribution < 1.29 is 27.1 Å². The van der Waals surface area contributed by atoms with Gasteiger partial charge in [-0.2, -0.15) is 13.2 Å². The van der Waals surface area contributed by atoms with Gasteiger partial charge in [0.25, 0.3) is 0 Å². The summed E-state index contributed by atoms with van der Waals surface area (Å²) in [5.74, 6) is -1.55. The molecule has 3 nitrogen and oxygen atoms in total. The molecule has 0 aromatic heterocycles. The Kier molecular flexibility index (Phi) is 6.14. The van der Waals surface area contributed by atoms with Crippen molar-refractivity contribution in [3.63, 3.8) is 0 Å². The maximum atomic E-state index is 13.4. The van der Waals surface area contributed by atoms with Gasteiger partial charge < -0.3 is 10.1 Å². The lowest BCUT2D eigenvalue weighted by Crippen LogP contribution is -2.25. The van der Waals surface area contributed by atoms with E-state index in [2.05, 4.69) is 5.32 Å². The number of hydrogen-bond acceptors (Lipinski definition) is 3. The van der Waals surface area contributed by atoms with E-state index in [9.17, 15) is 22.4 Å². The lowest BCUT2D eigenvalue weighted by atomic mass is 10.0. The van der Waals surface area contributed by atoms with E-state index < -0.39 is 29.6 Å². The minimum absolute atomic E-state index is 0.0669. The third kappa shape index (κ3) is 5.34. The highest BCUT2D eigenvalue weighted by Crippen LogP contribution is 2.32. The van der Waals surface area contributed by atoms with E-state index in [-0.39, 0.29) is 18.6 Å². The molecule has 0 bridgehead atoms. The smallest absolute Gasteiger partial charge is 0.416 e. The summed E-state index contributed by atoms with van der Waals surface area (Å²) in [5.41, 5.74) is -1.01. The third-order valence-corrected chi connectivity index (χ3v) is 2.78. The molecular weight excluding hydrogens is 290 g/mol. The number of alkyl halides is 3. The quantitative estimate of drug-likeness (QED) is 0.646. The van der Waals surface area contributed by atoms with Gasteiger partial charge >= 0.3 is 12.1 Å². The zero-order valence-electron chi connectivity index (χ0n) is 11.8. The summed E-state index contributed by atoms with van der Waals surface area (Å²) < 4.78 is 56.3. The molecule has 0 radical (unpaired) electrons. The van der Waals surface area contributed by atoms with Crippen molar-refractivity contribution in [3.8, 4) is 0 Å². The minimum Gasteiger partial charge on any atom is -0.466 e. The van der Waals surface area contributed by atoms with Crippen LogP contribution in [0.15, 0.2) is 18.2 Å². The molecule has 0 aliphatic rings. The summed E-state index contributed by atoms with van der Waals surface area (Å²) in [6.45, 7) is 3.96. The molecule has 0 saturated heterocycles. The number of carbonyl (C=O) groups excluding carboxylic acids is 1. The van der Waals surface area contributed by atoms with Crippen LogP contribution in [-0.4, -0.2) is 19.1 Å². The highest BCUT2D eigenvalue weighted by atomic mass is 19.4. The van der Waals surface area contributed by atoms with Crippen LogP contribution in [0.25, 0.3) is 0 Å². The highest BCUT2D eigenvalue weighted by Gasteiger charge is 2.32. The van der Waals surface area contributed by atoms with Crippen molar-refractivity contribution in [2.24, 2.45) is 0 Å². The molecule has 0 aliphatic heterocycles. The summed E-state index contributed by atoms with van der Waals surface area (Å²) in [7, 11) is 0. The maximum Gasteiger partial charge on any atom is 0.416 e. The van der Waals surface area contributed by atoms with E-state index in [0.29, 0.717) is 12.6 Å². The molecule has 118 valence electrons. The van der Waals surface area contributed by atoms with E-state index in [0.717, 1.165) is 12.1 Å². The molecule has 1 aromatic rings. The standard InChI is InChI=1S/C14H17F4NO2/c1-3-19-12(8-13(20)21-4-2)9-5-10(14(16,17)18)7-11(15)6-9/h5-7,12,19H,3-4,8H2,1-2H3. The van der Waals surface area contributed by atoms with Crippen LogP contribution in [0.1, 0.15) is 37.4 Å². The summed E-state index contributed by atoms with van der Waals surface area (Å²) >= 11 is 0. The van der Waals surface area contributed by atoms with Gasteiger partial charge in [0.15, 0.2) is 0 Å². The monoisotopic (exact) mass is 307 g/mol. The van der Waals surface area contributed by atoms with Crippen molar-refractivity contribution in [2.75, 3.05) is 13.2 Å². The molecule has 0 saturated carbocycles. The van der Waals surface area contributed by atoms with E-state index >= 15 is 0 Å². The van der Waals surface area contributed by atoms with Gasteiger partial charge in [-0.05, 0) is 37.2 Å². The summed E-state index contributed by atoms with van der Waals surface area (Å²) in [4.78, 5) is 11.5. The van der Waals surface area contributed by atoms with E-state index in [1.165, 1.54) is 0 Å². The Balaban J connectivity index is 3.07. The Morgan fingerprint density at radius 1 is 1.29 bits per heavy atom. The molecule has 7 heteroatoms. The van der Waals surface area contributed by atoms with Gasteiger partial charge in [-0.15, -0.1) is 0 Å². The van der Waals surface area contributed by atoms with Crippen molar-refractivity contribution in [2.45, 2.75) is 32.5 Å². The second-order valence-electron chi connectivity index (χ2n) is 4.39. The molecule has 0 aliphatic carbocycles. The van der Waals surface area contributed by atoms with Crippen LogP contribution < -0.4 is 5.32 Å². The molecule has 0 amide bonds. The number of rotatable bonds is 6. The predicted molar refractivity (Wildman–Crippen MR) is 69.1 cm³/mol. The van der Waals surface area contributed by atoms with Crippen molar-refractivity contribution >= 4 is 5.97 Å². The first kappa shape index (κ1) is 17.4. The van der Waals surface area contributed by atoms with E-state index in [1.54, 1.807) is 13.8 Å². The first-order valence-electron chi connectivity index (χ1n) is 6.54. The normalized spacial score (nSPS) is 13.0. The molecule has 1 N–H and O–H groups in total. The fourth-order valence-electron chi connectivity index (χ4n) is 1.92. The minimum atomic E-state index is -4.64. The van der Waals surface area contributed by atoms with Crippen LogP contribution >= 0.6 is 0 Å².